The minimum atomic E-state index is 0.0551. The number of carbonyl (C=O) groups is 1. The average Bonchev–Trinajstić information content (AvgIpc) is 2.58. The fourth-order valence-electron chi connectivity index (χ4n) is 1.78. The van der Waals surface area contributed by atoms with Crippen LogP contribution >= 0.6 is 0 Å². The van der Waals surface area contributed by atoms with E-state index in [0.717, 1.165) is 38.9 Å². The van der Waals surface area contributed by atoms with Gasteiger partial charge < -0.3 is 10.2 Å². The lowest BCUT2D eigenvalue weighted by Crippen LogP contribution is -2.38. The molecule has 3 heteroatoms. The molecule has 15 heavy (non-hydrogen) atoms. The number of likely N-dealkylation sites (tertiary alicyclic amines) is 1. The van der Waals surface area contributed by atoms with Gasteiger partial charge in [0.1, 0.15) is 0 Å². The minimum Gasteiger partial charge on any atom is -0.340 e. The molecule has 1 rings (SSSR count). The molecular weight excluding hydrogens is 188 g/mol. The van der Waals surface area contributed by atoms with E-state index in [4.69, 9.17) is 0 Å². The lowest BCUT2D eigenvalue weighted by Gasteiger charge is -2.15. The minimum absolute atomic E-state index is 0.0551. The van der Waals surface area contributed by atoms with Crippen molar-refractivity contribution in [2.75, 3.05) is 19.6 Å². The largest absolute Gasteiger partial charge is 0.340 e. The van der Waals surface area contributed by atoms with Crippen molar-refractivity contribution >= 4 is 5.91 Å². The second kappa shape index (κ2) is 6.47. The average molecular weight is 208 g/mol. The zero-order chi connectivity index (χ0) is 11.1. The Morgan fingerprint density at radius 3 is 3.07 bits per heavy atom. The molecule has 1 aliphatic heterocycles. The van der Waals surface area contributed by atoms with E-state index in [-0.39, 0.29) is 11.9 Å². The molecule has 1 aliphatic rings. The van der Waals surface area contributed by atoms with Gasteiger partial charge in [-0.05, 0) is 26.3 Å². The number of amides is 1. The second-order valence-electron chi connectivity index (χ2n) is 3.80. The third-order valence-corrected chi connectivity index (χ3v) is 2.62. The SMILES string of the molecule is CC#CCCN1CCC(NCCC)C1=O. The van der Waals surface area contributed by atoms with Crippen LogP contribution in [-0.4, -0.2) is 36.5 Å². The highest BCUT2D eigenvalue weighted by Gasteiger charge is 2.29. The lowest BCUT2D eigenvalue weighted by atomic mass is 10.2. The fraction of sp³-hybridized carbons (Fsp3) is 0.750. The summed E-state index contributed by atoms with van der Waals surface area (Å²) in [6.07, 6.45) is 2.81. The van der Waals surface area contributed by atoms with E-state index in [9.17, 15) is 4.79 Å². The molecule has 0 spiro atoms. The molecule has 0 bridgehead atoms. The molecule has 0 aliphatic carbocycles. The summed E-state index contributed by atoms with van der Waals surface area (Å²) in [5.41, 5.74) is 0. The van der Waals surface area contributed by atoms with Gasteiger partial charge in [0.15, 0.2) is 0 Å². The van der Waals surface area contributed by atoms with Crippen molar-refractivity contribution in [1.82, 2.24) is 10.2 Å². The molecule has 84 valence electrons. The number of nitrogens with one attached hydrogen (secondary N) is 1. The molecule has 1 unspecified atom stereocenters. The van der Waals surface area contributed by atoms with Crippen molar-refractivity contribution in [3.8, 4) is 11.8 Å². The smallest absolute Gasteiger partial charge is 0.239 e. The molecule has 1 N–H and O–H groups in total. The van der Waals surface area contributed by atoms with Crippen LogP contribution in [0.3, 0.4) is 0 Å². The molecule has 0 aromatic rings. The van der Waals surface area contributed by atoms with Crippen LogP contribution in [0.15, 0.2) is 0 Å². The molecule has 1 atom stereocenters. The summed E-state index contributed by atoms with van der Waals surface area (Å²) in [5, 5.41) is 3.27. The van der Waals surface area contributed by atoms with Crippen LogP contribution in [0, 0.1) is 11.8 Å². The quantitative estimate of drug-likeness (QED) is 0.684. The highest BCUT2D eigenvalue weighted by molar-refractivity contribution is 5.83. The summed E-state index contributed by atoms with van der Waals surface area (Å²) < 4.78 is 0. The number of carbonyl (C=O) groups excluding carboxylic acids is 1. The maximum absolute atomic E-state index is 11.8. The van der Waals surface area contributed by atoms with Crippen molar-refractivity contribution in [3.05, 3.63) is 0 Å². The zero-order valence-electron chi connectivity index (χ0n) is 9.68. The Balaban J connectivity index is 2.30. The normalized spacial score (nSPS) is 20.3. The number of nitrogens with zero attached hydrogens (tertiary/aromatic N) is 1. The van der Waals surface area contributed by atoms with Gasteiger partial charge in [-0.25, -0.2) is 0 Å². The molecule has 1 saturated heterocycles. The summed E-state index contributed by atoms with van der Waals surface area (Å²) in [6.45, 7) is 6.53. The van der Waals surface area contributed by atoms with Crippen molar-refractivity contribution in [2.45, 2.75) is 39.2 Å². The maximum Gasteiger partial charge on any atom is 0.239 e. The van der Waals surface area contributed by atoms with Crippen molar-refractivity contribution in [3.63, 3.8) is 0 Å². The van der Waals surface area contributed by atoms with Crippen LogP contribution in [0.25, 0.3) is 0 Å². The Kier molecular flexibility index (Phi) is 5.20. The van der Waals surface area contributed by atoms with E-state index in [1.807, 2.05) is 11.8 Å². The van der Waals surface area contributed by atoms with Gasteiger partial charge in [0.2, 0.25) is 5.91 Å². The molecule has 0 aromatic heterocycles. The highest BCUT2D eigenvalue weighted by atomic mass is 16.2. The first-order valence-electron chi connectivity index (χ1n) is 5.71. The van der Waals surface area contributed by atoms with Gasteiger partial charge in [-0.15, -0.1) is 11.8 Å². The van der Waals surface area contributed by atoms with Crippen molar-refractivity contribution in [1.29, 1.82) is 0 Å². The lowest BCUT2D eigenvalue weighted by molar-refractivity contribution is -0.129. The molecule has 0 aromatic carbocycles. The van der Waals surface area contributed by atoms with E-state index in [2.05, 4.69) is 24.1 Å². The van der Waals surface area contributed by atoms with Gasteiger partial charge in [0.25, 0.3) is 0 Å². The van der Waals surface area contributed by atoms with Crippen molar-refractivity contribution < 1.29 is 4.79 Å². The molecular formula is C12H20N2O. The number of rotatable bonds is 5. The first kappa shape index (κ1) is 12.1. The van der Waals surface area contributed by atoms with E-state index < -0.39 is 0 Å². The topological polar surface area (TPSA) is 32.3 Å². The van der Waals surface area contributed by atoms with Crippen molar-refractivity contribution in [2.24, 2.45) is 0 Å². The summed E-state index contributed by atoms with van der Waals surface area (Å²) in [5.74, 6) is 6.09. The predicted molar refractivity (Wildman–Crippen MR) is 61.3 cm³/mol. The van der Waals surface area contributed by atoms with Crippen LogP contribution in [0.5, 0.6) is 0 Å². The Morgan fingerprint density at radius 2 is 2.40 bits per heavy atom. The predicted octanol–water partition coefficient (Wildman–Crippen LogP) is 1.00. The van der Waals surface area contributed by atoms with Gasteiger partial charge in [-0.3, -0.25) is 4.79 Å². The van der Waals surface area contributed by atoms with Gasteiger partial charge in [-0.2, -0.15) is 0 Å². The standard InChI is InChI=1S/C12H20N2O/c1-3-5-6-9-14-10-7-11(12(14)15)13-8-4-2/h11,13H,4,6-10H2,1-2H3. The first-order chi connectivity index (χ1) is 7.29. The Morgan fingerprint density at radius 1 is 1.60 bits per heavy atom. The van der Waals surface area contributed by atoms with E-state index >= 15 is 0 Å². The molecule has 3 nitrogen and oxygen atoms in total. The van der Waals surface area contributed by atoms with Gasteiger partial charge >= 0.3 is 0 Å². The summed E-state index contributed by atoms with van der Waals surface area (Å²) in [4.78, 5) is 13.7. The highest BCUT2D eigenvalue weighted by Crippen LogP contribution is 2.11. The van der Waals surface area contributed by atoms with E-state index in [0.29, 0.717) is 0 Å². The Hall–Kier alpha value is -1.01. The van der Waals surface area contributed by atoms with E-state index in [1.54, 1.807) is 0 Å². The zero-order valence-corrected chi connectivity index (χ0v) is 9.68. The molecule has 1 fully saturated rings. The van der Waals surface area contributed by atoms with Gasteiger partial charge in [-0.1, -0.05) is 6.92 Å². The summed E-state index contributed by atoms with van der Waals surface area (Å²) >= 11 is 0. The fourth-order valence-corrected chi connectivity index (χ4v) is 1.78. The third-order valence-electron chi connectivity index (χ3n) is 2.62. The molecule has 0 radical (unpaired) electrons. The van der Waals surface area contributed by atoms with Crippen LogP contribution in [0.1, 0.15) is 33.1 Å². The Labute approximate surface area is 92.2 Å². The number of hydrogen-bond acceptors (Lipinski definition) is 2. The first-order valence-corrected chi connectivity index (χ1v) is 5.71. The molecule has 0 saturated carbocycles. The maximum atomic E-state index is 11.8. The summed E-state index contributed by atoms with van der Waals surface area (Å²) in [6, 6.07) is 0.0551. The second-order valence-corrected chi connectivity index (χ2v) is 3.80. The monoisotopic (exact) mass is 208 g/mol. The number of hydrogen-bond donors (Lipinski definition) is 1. The van der Waals surface area contributed by atoms with Crippen LogP contribution in [0.4, 0.5) is 0 Å². The molecule has 1 amide bonds. The van der Waals surface area contributed by atoms with Crippen LogP contribution in [-0.2, 0) is 4.79 Å². The summed E-state index contributed by atoms with van der Waals surface area (Å²) in [7, 11) is 0. The van der Waals surface area contributed by atoms with Gasteiger partial charge in [0, 0.05) is 19.5 Å². The molecule has 1 heterocycles. The van der Waals surface area contributed by atoms with Crippen LogP contribution in [0.2, 0.25) is 0 Å². The van der Waals surface area contributed by atoms with Gasteiger partial charge in [0.05, 0.1) is 6.04 Å². The van der Waals surface area contributed by atoms with Crippen LogP contribution < -0.4 is 5.32 Å². The Bertz CT molecular complexity index is 265. The van der Waals surface area contributed by atoms with E-state index in [1.165, 1.54) is 0 Å². The third kappa shape index (κ3) is 3.56.